The lowest BCUT2D eigenvalue weighted by molar-refractivity contribution is -0.116. The summed E-state index contributed by atoms with van der Waals surface area (Å²) in [5.74, 6) is -0.181. The summed E-state index contributed by atoms with van der Waals surface area (Å²) in [6, 6.07) is 0. The maximum atomic E-state index is 10.5. The highest BCUT2D eigenvalue weighted by molar-refractivity contribution is 5.95. The van der Waals surface area contributed by atoms with E-state index in [0.29, 0.717) is 5.57 Å². The number of amides is 1. The van der Waals surface area contributed by atoms with Crippen LogP contribution in [-0.2, 0) is 4.79 Å². The zero-order chi connectivity index (χ0) is 6.57. The minimum absolute atomic E-state index is 0.181. The Labute approximate surface area is 48.9 Å². The molecule has 0 radical (unpaired) electrons. The van der Waals surface area contributed by atoms with Gasteiger partial charge in [0, 0.05) is 12.6 Å². The van der Waals surface area contributed by atoms with E-state index in [-0.39, 0.29) is 5.91 Å². The van der Waals surface area contributed by atoms with Crippen LogP contribution in [0, 0.1) is 0 Å². The van der Waals surface area contributed by atoms with Gasteiger partial charge >= 0.3 is 0 Å². The number of nitrogens with one attached hydrogen (secondary N) is 1. The van der Waals surface area contributed by atoms with Crippen molar-refractivity contribution < 1.29 is 4.79 Å². The number of hydrogen-bond acceptors (Lipinski definition) is 1. The van der Waals surface area contributed by atoms with Crippen molar-refractivity contribution >= 4 is 5.91 Å². The van der Waals surface area contributed by atoms with Gasteiger partial charge in [0.25, 0.3) is 0 Å². The zero-order valence-electron chi connectivity index (χ0n) is 4.90. The van der Waals surface area contributed by atoms with Gasteiger partial charge in [0.15, 0.2) is 0 Å². The standard InChI is InChI=1S/C6H9NO/c1-4-5(2)6(8)7-3/h4H,1-2H2,3H3,(H,7,8). The molecule has 1 N–H and O–H groups in total. The van der Waals surface area contributed by atoms with Crippen molar-refractivity contribution in [1.29, 1.82) is 0 Å². The van der Waals surface area contributed by atoms with Crippen LogP contribution in [0.5, 0.6) is 0 Å². The number of carbonyl (C=O) groups excluding carboxylic acids is 1. The van der Waals surface area contributed by atoms with E-state index < -0.39 is 0 Å². The second-order valence-electron chi connectivity index (χ2n) is 1.31. The van der Waals surface area contributed by atoms with Crippen LogP contribution in [0.15, 0.2) is 24.8 Å². The van der Waals surface area contributed by atoms with E-state index in [2.05, 4.69) is 18.5 Å². The fraction of sp³-hybridized carbons (Fsp3) is 0.167. The molecule has 0 aromatic rings. The summed E-state index contributed by atoms with van der Waals surface area (Å²) in [5, 5.41) is 2.41. The van der Waals surface area contributed by atoms with Crippen molar-refractivity contribution in [1.82, 2.24) is 5.32 Å². The van der Waals surface area contributed by atoms with Gasteiger partial charge in [-0.2, -0.15) is 0 Å². The number of carbonyl (C=O) groups is 1. The van der Waals surface area contributed by atoms with E-state index in [0.717, 1.165) is 0 Å². The van der Waals surface area contributed by atoms with Gasteiger partial charge in [0.2, 0.25) is 5.91 Å². The largest absolute Gasteiger partial charge is 0.355 e. The van der Waals surface area contributed by atoms with E-state index in [9.17, 15) is 4.79 Å². The molecule has 0 aliphatic heterocycles. The minimum Gasteiger partial charge on any atom is -0.355 e. The Hall–Kier alpha value is -1.05. The van der Waals surface area contributed by atoms with Crippen LogP contribution in [-0.4, -0.2) is 13.0 Å². The van der Waals surface area contributed by atoms with Crippen LogP contribution in [0.25, 0.3) is 0 Å². The van der Waals surface area contributed by atoms with Gasteiger partial charge in [-0.05, 0) is 0 Å². The third kappa shape index (κ3) is 1.60. The Morgan fingerprint density at radius 2 is 2.25 bits per heavy atom. The summed E-state index contributed by atoms with van der Waals surface area (Å²) in [5.41, 5.74) is 0.396. The maximum absolute atomic E-state index is 10.5. The quantitative estimate of drug-likeness (QED) is 0.407. The van der Waals surface area contributed by atoms with Crippen molar-refractivity contribution in [2.45, 2.75) is 0 Å². The van der Waals surface area contributed by atoms with Crippen LogP contribution >= 0.6 is 0 Å². The highest BCUT2D eigenvalue weighted by Gasteiger charge is 1.95. The fourth-order valence-electron chi connectivity index (χ4n) is 0.253. The van der Waals surface area contributed by atoms with E-state index in [1.54, 1.807) is 7.05 Å². The molecule has 44 valence electrons. The van der Waals surface area contributed by atoms with E-state index in [4.69, 9.17) is 0 Å². The lowest BCUT2D eigenvalue weighted by Crippen LogP contribution is -2.18. The molecule has 0 aromatic carbocycles. The molecule has 8 heavy (non-hydrogen) atoms. The van der Waals surface area contributed by atoms with Crippen molar-refractivity contribution in [2.75, 3.05) is 7.05 Å². The normalized spacial score (nSPS) is 7.62. The van der Waals surface area contributed by atoms with Gasteiger partial charge in [-0.25, -0.2) is 0 Å². The monoisotopic (exact) mass is 111 g/mol. The van der Waals surface area contributed by atoms with Crippen molar-refractivity contribution in [3.63, 3.8) is 0 Å². The molecule has 2 heteroatoms. The summed E-state index contributed by atoms with van der Waals surface area (Å²) in [6.07, 6.45) is 1.42. The topological polar surface area (TPSA) is 29.1 Å². The summed E-state index contributed by atoms with van der Waals surface area (Å²) < 4.78 is 0. The van der Waals surface area contributed by atoms with Gasteiger partial charge in [-0.3, -0.25) is 4.79 Å². The van der Waals surface area contributed by atoms with Crippen molar-refractivity contribution in [3.05, 3.63) is 24.8 Å². The molecule has 0 rings (SSSR count). The van der Waals surface area contributed by atoms with Gasteiger partial charge in [-0.1, -0.05) is 19.2 Å². The second kappa shape index (κ2) is 3.02. The first-order valence-corrected chi connectivity index (χ1v) is 2.25. The van der Waals surface area contributed by atoms with E-state index in [1.165, 1.54) is 6.08 Å². The van der Waals surface area contributed by atoms with Gasteiger partial charge in [-0.15, -0.1) is 0 Å². The van der Waals surface area contributed by atoms with Crippen LogP contribution in [0.4, 0.5) is 0 Å². The molecule has 0 fully saturated rings. The average molecular weight is 111 g/mol. The molecule has 0 bridgehead atoms. The molecule has 0 spiro atoms. The molecule has 0 aliphatic rings. The van der Waals surface area contributed by atoms with Gasteiger partial charge in [0.05, 0.1) is 0 Å². The Morgan fingerprint density at radius 1 is 1.75 bits per heavy atom. The van der Waals surface area contributed by atoms with Gasteiger partial charge < -0.3 is 5.32 Å². The predicted octanol–water partition coefficient (Wildman–Crippen LogP) is 0.475. The SMILES string of the molecule is C=CC(=C)C(=O)NC. The molecule has 2 nitrogen and oxygen atoms in total. The molecular weight excluding hydrogens is 102 g/mol. The summed E-state index contributed by atoms with van der Waals surface area (Å²) in [7, 11) is 1.55. The third-order valence-corrected chi connectivity index (χ3v) is 0.765. The predicted molar refractivity (Wildman–Crippen MR) is 33.4 cm³/mol. The molecule has 0 saturated carbocycles. The summed E-state index contributed by atoms with van der Waals surface area (Å²) in [6.45, 7) is 6.78. The summed E-state index contributed by atoms with van der Waals surface area (Å²) >= 11 is 0. The highest BCUT2D eigenvalue weighted by atomic mass is 16.1. The minimum atomic E-state index is -0.181. The number of hydrogen-bond donors (Lipinski definition) is 1. The zero-order valence-corrected chi connectivity index (χ0v) is 4.90. The Bertz CT molecular complexity index is 126. The van der Waals surface area contributed by atoms with E-state index >= 15 is 0 Å². The van der Waals surface area contributed by atoms with Gasteiger partial charge in [0.1, 0.15) is 0 Å². The van der Waals surface area contributed by atoms with Crippen LogP contribution < -0.4 is 5.32 Å². The molecule has 0 unspecified atom stereocenters. The number of rotatable bonds is 2. The summed E-state index contributed by atoms with van der Waals surface area (Å²) in [4.78, 5) is 10.5. The molecule has 0 heterocycles. The Balaban J connectivity index is 3.82. The van der Waals surface area contributed by atoms with Crippen LogP contribution in [0.1, 0.15) is 0 Å². The Kier molecular flexibility index (Phi) is 2.62. The second-order valence-corrected chi connectivity index (χ2v) is 1.31. The highest BCUT2D eigenvalue weighted by Crippen LogP contribution is 1.87. The molecule has 0 saturated heterocycles. The first kappa shape index (κ1) is 6.95. The Morgan fingerprint density at radius 3 is 2.38 bits per heavy atom. The molecule has 0 atom stereocenters. The molecule has 0 aromatic heterocycles. The van der Waals surface area contributed by atoms with Crippen molar-refractivity contribution in [3.8, 4) is 0 Å². The molecular formula is C6H9NO. The van der Waals surface area contributed by atoms with Crippen molar-refractivity contribution in [2.24, 2.45) is 0 Å². The van der Waals surface area contributed by atoms with E-state index in [1.807, 2.05) is 0 Å². The first-order chi connectivity index (χ1) is 3.72. The fourth-order valence-corrected chi connectivity index (χ4v) is 0.253. The average Bonchev–Trinajstić information content (AvgIpc) is 1.84. The molecule has 0 aliphatic carbocycles. The van der Waals surface area contributed by atoms with Crippen LogP contribution in [0.2, 0.25) is 0 Å². The molecule has 1 amide bonds. The smallest absolute Gasteiger partial charge is 0.250 e. The number of likely N-dealkylation sites (N-methyl/N-ethyl adjacent to an activating group) is 1. The third-order valence-electron chi connectivity index (χ3n) is 0.765. The first-order valence-electron chi connectivity index (χ1n) is 2.25. The van der Waals surface area contributed by atoms with Crippen LogP contribution in [0.3, 0.4) is 0 Å². The lowest BCUT2D eigenvalue weighted by Gasteiger charge is -1.93. The lowest BCUT2D eigenvalue weighted by atomic mass is 10.3. The maximum Gasteiger partial charge on any atom is 0.250 e.